The van der Waals surface area contributed by atoms with Crippen molar-refractivity contribution in [2.45, 2.75) is 20.8 Å². The predicted octanol–water partition coefficient (Wildman–Crippen LogP) is 4.95. The SMILES string of the molecule is Cc1ccc(NC(=O)COC(=O)c2ccc(/C=C(/C#N)C(=O)Nc3cc(C)ccc3C)cc2)cc1. The number of amides is 2. The maximum atomic E-state index is 12.6. The number of rotatable bonds is 7. The summed E-state index contributed by atoms with van der Waals surface area (Å²) in [6.45, 7) is 5.30. The monoisotopic (exact) mass is 467 g/mol. The van der Waals surface area contributed by atoms with Gasteiger partial charge >= 0.3 is 5.97 Å². The van der Waals surface area contributed by atoms with E-state index in [4.69, 9.17) is 4.74 Å². The van der Waals surface area contributed by atoms with Crippen LogP contribution in [0.2, 0.25) is 0 Å². The van der Waals surface area contributed by atoms with Gasteiger partial charge in [-0.15, -0.1) is 0 Å². The van der Waals surface area contributed by atoms with Crippen LogP contribution in [0.5, 0.6) is 0 Å². The second kappa shape index (κ2) is 11.4. The lowest BCUT2D eigenvalue weighted by Gasteiger charge is -2.09. The topological polar surface area (TPSA) is 108 Å². The minimum atomic E-state index is -0.659. The molecule has 0 atom stereocenters. The van der Waals surface area contributed by atoms with Crippen molar-refractivity contribution in [1.82, 2.24) is 0 Å². The number of hydrogen-bond donors (Lipinski definition) is 2. The normalized spacial score (nSPS) is 10.7. The molecule has 2 N–H and O–H groups in total. The third-order valence-corrected chi connectivity index (χ3v) is 5.13. The lowest BCUT2D eigenvalue weighted by Crippen LogP contribution is -2.20. The van der Waals surface area contributed by atoms with Crippen LogP contribution in [0.4, 0.5) is 11.4 Å². The van der Waals surface area contributed by atoms with Crippen molar-refractivity contribution < 1.29 is 19.1 Å². The molecule has 0 unspecified atom stereocenters. The molecule has 2 amide bonds. The van der Waals surface area contributed by atoms with E-state index in [1.54, 1.807) is 24.3 Å². The maximum Gasteiger partial charge on any atom is 0.338 e. The van der Waals surface area contributed by atoms with Crippen LogP contribution in [0.15, 0.2) is 72.3 Å². The molecule has 0 bridgehead atoms. The summed E-state index contributed by atoms with van der Waals surface area (Å²) in [7, 11) is 0. The highest BCUT2D eigenvalue weighted by Crippen LogP contribution is 2.18. The van der Waals surface area contributed by atoms with E-state index in [1.165, 1.54) is 18.2 Å². The van der Waals surface area contributed by atoms with Crippen LogP contribution in [0, 0.1) is 32.1 Å². The van der Waals surface area contributed by atoms with Gasteiger partial charge in [-0.3, -0.25) is 9.59 Å². The molecule has 3 rings (SSSR count). The van der Waals surface area contributed by atoms with Crippen molar-refractivity contribution in [3.05, 3.63) is 100 Å². The molecule has 0 fully saturated rings. The molecule has 0 radical (unpaired) electrons. The maximum absolute atomic E-state index is 12.6. The van der Waals surface area contributed by atoms with Crippen LogP contribution in [-0.2, 0) is 14.3 Å². The van der Waals surface area contributed by atoms with E-state index in [1.807, 2.05) is 57.2 Å². The zero-order chi connectivity index (χ0) is 25.4. The number of ether oxygens (including phenoxy) is 1. The highest BCUT2D eigenvalue weighted by Gasteiger charge is 2.13. The van der Waals surface area contributed by atoms with E-state index < -0.39 is 24.4 Å². The molecule has 0 aliphatic carbocycles. The van der Waals surface area contributed by atoms with Crippen molar-refractivity contribution in [2.75, 3.05) is 17.2 Å². The molecule has 0 aliphatic rings. The number of carbonyl (C=O) groups excluding carboxylic acids is 3. The van der Waals surface area contributed by atoms with Gasteiger partial charge in [0.05, 0.1) is 5.56 Å². The van der Waals surface area contributed by atoms with Crippen LogP contribution in [-0.4, -0.2) is 24.4 Å². The van der Waals surface area contributed by atoms with Gasteiger partial charge in [-0.05, 0) is 73.9 Å². The fourth-order valence-electron chi connectivity index (χ4n) is 3.14. The van der Waals surface area contributed by atoms with Crippen LogP contribution in [0.25, 0.3) is 6.08 Å². The lowest BCUT2D eigenvalue weighted by molar-refractivity contribution is -0.119. The molecule has 0 spiro atoms. The molecule has 0 aliphatic heterocycles. The standard InChI is InChI=1S/C28H25N3O4/c1-18-5-12-24(13-6-18)30-26(32)17-35-28(34)22-10-8-21(9-11-22)15-23(16-29)27(33)31-25-14-19(2)4-7-20(25)3/h4-15H,17H2,1-3H3,(H,30,32)(H,31,33)/b23-15-. The molecule has 0 saturated carbocycles. The summed E-state index contributed by atoms with van der Waals surface area (Å²) < 4.78 is 5.07. The van der Waals surface area contributed by atoms with E-state index in [0.29, 0.717) is 16.9 Å². The fourth-order valence-corrected chi connectivity index (χ4v) is 3.14. The van der Waals surface area contributed by atoms with E-state index in [0.717, 1.165) is 16.7 Å². The van der Waals surface area contributed by atoms with E-state index in [-0.39, 0.29) is 11.1 Å². The van der Waals surface area contributed by atoms with Crippen molar-refractivity contribution in [2.24, 2.45) is 0 Å². The van der Waals surface area contributed by atoms with Gasteiger partial charge in [0.15, 0.2) is 6.61 Å². The van der Waals surface area contributed by atoms with Gasteiger partial charge < -0.3 is 15.4 Å². The second-order valence-electron chi connectivity index (χ2n) is 8.05. The summed E-state index contributed by atoms with van der Waals surface area (Å²) in [6.07, 6.45) is 1.44. The third-order valence-electron chi connectivity index (χ3n) is 5.13. The van der Waals surface area contributed by atoms with Crippen LogP contribution in [0.1, 0.15) is 32.6 Å². The van der Waals surface area contributed by atoms with Gasteiger partial charge in [-0.1, -0.05) is 42.0 Å². The Bertz CT molecular complexity index is 1320. The smallest absolute Gasteiger partial charge is 0.338 e. The molecule has 3 aromatic rings. The highest BCUT2D eigenvalue weighted by atomic mass is 16.5. The first-order chi connectivity index (χ1) is 16.7. The van der Waals surface area contributed by atoms with Crippen molar-refractivity contribution >= 4 is 35.2 Å². The Kier molecular flexibility index (Phi) is 8.15. The summed E-state index contributed by atoms with van der Waals surface area (Å²) >= 11 is 0. The Morgan fingerprint density at radius 1 is 0.886 bits per heavy atom. The molecule has 7 nitrogen and oxygen atoms in total. The number of carbonyl (C=O) groups is 3. The molecule has 0 aromatic heterocycles. The Morgan fingerprint density at radius 3 is 2.20 bits per heavy atom. The van der Waals surface area contributed by atoms with E-state index in [2.05, 4.69) is 10.6 Å². The Hall–Kier alpha value is -4.70. The van der Waals surface area contributed by atoms with E-state index >= 15 is 0 Å². The van der Waals surface area contributed by atoms with Crippen LogP contribution >= 0.6 is 0 Å². The van der Waals surface area contributed by atoms with Crippen LogP contribution < -0.4 is 10.6 Å². The molecule has 176 valence electrons. The molecular formula is C28H25N3O4. The minimum Gasteiger partial charge on any atom is -0.452 e. The quantitative estimate of drug-likeness (QED) is 0.290. The summed E-state index contributed by atoms with van der Waals surface area (Å²) in [5, 5.41) is 14.9. The number of anilines is 2. The first-order valence-electron chi connectivity index (χ1n) is 10.9. The number of esters is 1. The Morgan fingerprint density at radius 2 is 1.54 bits per heavy atom. The van der Waals surface area contributed by atoms with Gasteiger partial charge in [0.2, 0.25) is 0 Å². The second-order valence-corrected chi connectivity index (χ2v) is 8.05. The molecule has 7 heteroatoms. The van der Waals surface area contributed by atoms with Gasteiger partial charge in [-0.25, -0.2) is 4.79 Å². The van der Waals surface area contributed by atoms with Crippen molar-refractivity contribution in [3.63, 3.8) is 0 Å². The lowest BCUT2D eigenvalue weighted by atomic mass is 10.1. The molecule has 0 heterocycles. The zero-order valence-electron chi connectivity index (χ0n) is 19.7. The zero-order valence-corrected chi connectivity index (χ0v) is 19.7. The summed E-state index contributed by atoms with van der Waals surface area (Å²) in [6, 6.07) is 21.0. The average molecular weight is 468 g/mol. The number of nitrogens with zero attached hydrogens (tertiary/aromatic N) is 1. The molecule has 3 aromatic carbocycles. The number of nitriles is 1. The van der Waals surface area contributed by atoms with Crippen LogP contribution in [0.3, 0.4) is 0 Å². The summed E-state index contributed by atoms with van der Waals surface area (Å²) in [5.41, 5.74) is 4.92. The van der Waals surface area contributed by atoms with E-state index in [9.17, 15) is 19.6 Å². The Balaban J connectivity index is 1.59. The van der Waals surface area contributed by atoms with Gasteiger partial charge in [0.1, 0.15) is 11.6 Å². The first kappa shape index (κ1) is 24.9. The third kappa shape index (κ3) is 7.14. The summed E-state index contributed by atoms with van der Waals surface area (Å²) in [4.78, 5) is 36.9. The largest absolute Gasteiger partial charge is 0.452 e. The number of hydrogen-bond acceptors (Lipinski definition) is 5. The average Bonchev–Trinajstić information content (AvgIpc) is 2.85. The highest BCUT2D eigenvalue weighted by molar-refractivity contribution is 6.10. The first-order valence-corrected chi connectivity index (χ1v) is 10.9. The van der Waals surface area contributed by atoms with Gasteiger partial charge in [-0.2, -0.15) is 5.26 Å². The number of benzene rings is 3. The summed E-state index contributed by atoms with van der Waals surface area (Å²) in [5.74, 6) is -1.63. The Labute approximate surface area is 204 Å². The molecule has 35 heavy (non-hydrogen) atoms. The van der Waals surface area contributed by atoms with Crippen molar-refractivity contribution in [1.29, 1.82) is 5.26 Å². The van der Waals surface area contributed by atoms with Gasteiger partial charge in [0, 0.05) is 11.4 Å². The number of nitrogens with one attached hydrogen (secondary N) is 2. The van der Waals surface area contributed by atoms with Gasteiger partial charge in [0.25, 0.3) is 11.8 Å². The molecule has 0 saturated heterocycles. The number of aryl methyl sites for hydroxylation is 3. The fraction of sp³-hybridized carbons (Fsp3) is 0.143. The van der Waals surface area contributed by atoms with Crippen molar-refractivity contribution in [3.8, 4) is 6.07 Å². The molecular weight excluding hydrogens is 442 g/mol. The predicted molar refractivity (Wildman–Crippen MR) is 135 cm³/mol. The minimum absolute atomic E-state index is 0.0750.